The SMILES string of the molecule is O=C(NCCSCc1ccccc1Cl)[C@H]1CCCN(Cc2ccc(F)cc2)C1. The van der Waals surface area contributed by atoms with E-state index in [1.165, 1.54) is 12.1 Å². The average Bonchev–Trinajstić information content (AvgIpc) is 2.71. The number of hydrogen-bond acceptors (Lipinski definition) is 3. The lowest BCUT2D eigenvalue weighted by Gasteiger charge is -2.32. The molecular formula is C22H26ClFN2OS. The highest BCUT2D eigenvalue weighted by atomic mass is 35.5. The predicted molar refractivity (Wildman–Crippen MR) is 115 cm³/mol. The molecule has 6 heteroatoms. The third-order valence-corrected chi connectivity index (χ3v) is 6.33. The van der Waals surface area contributed by atoms with Gasteiger partial charge in [0, 0.05) is 36.2 Å². The molecular weight excluding hydrogens is 395 g/mol. The molecule has 1 N–H and O–H groups in total. The van der Waals surface area contributed by atoms with E-state index in [0.29, 0.717) is 6.54 Å². The highest BCUT2D eigenvalue weighted by Gasteiger charge is 2.25. The van der Waals surface area contributed by atoms with Gasteiger partial charge in [-0.25, -0.2) is 4.39 Å². The van der Waals surface area contributed by atoms with Crippen LogP contribution in [0.1, 0.15) is 24.0 Å². The van der Waals surface area contributed by atoms with Crippen molar-refractivity contribution in [3.05, 3.63) is 70.5 Å². The number of rotatable bonds is 8. The zero-order valence-electron chi connectivity index (χ0n) is 15.9. The number of thioether (sulfide) groups is 1. The van der Waals surface area contributed by atoms with Crippen LogP contribution >= 0.6 is 23.4 Å². The molecule has 1 aliphatic rings. The number of carbonyl (C=O) groups excluding carboxylic acids is 1. The molecule has 0 spiro atoms. The molecule has 1 heterocycles. The maximum Gasteiger partial charge on any atom is 0.224 e. The highest BCUT2D eigenvalue weighted by Crippen LogP contribution is 2.21. The van der Waals surface area contributed by atoms with Crippen molar-refractivity contribution in [1.82, 2.24) is 10.2 Å². The Morgan fingerprint density at radius 1 is 1.21 bits per heavy atom. The summed E-state index contributed by atoms with van der Waals surface area (Å²) in [5, 5.41) is 3.87. The van der Waals surface area contributed by atoms with Crippen molar-refractivity contribution in [3.8, 4) is 0 Å². The first-order chi connectivity index (χ1) is 13.6. The van der Waals surface area contributed by atoms with Gasteiger partial charge in [0.15, 0.2) is 0 Å². The maximum absolute atomic E-state index is 13.0. The lowest BCUT2D eigenvalue weighted by Crippen LogP contribution is -2.43. The van der Waals surface area contributed by atoms with Crippen molar-refractivity contribution in [2.45, 2.75) is 25.1 Å². The van der Waals surface area contributed by atoms with Crippen LogP contribution in [0.15, 0.2) is 48.5 Å². The molecule has 0 aromatic heterocycles. The lowest BCUT2D eigenvalue weighted by atomic mass is 9.96. The second-order valence-corrected chi connectivity index (χ2v) is 8.65. The van der Waals surface area contributed by atoms with E-state index in [1.54, 1.807) is 11.8 Å². The molecule has 28 heavy (non-hydrogen) atoms. The zero-order valence-corrected chi connectivity index (χ0v) is 17.4. The quantitative estimate of drug-likeness (QED) is 0.626. The molecule has 0 bridgehead atoms. The number of benzene rings is 2. The fraction of sp³-hybridized carbons (Fsp3) is 0.409. The fourth-order valence-electron chi connectivity index (χ4n) is 3.45. The average molecular weight is 421 g/mol. The van der Waals surface area contributed by atoms with Crippen LogP contribution in [0, 0.1) is 11.7 Å². The minimum atomic E-state index is -0.216. The van der Waals surface area contributed by atoms with Crippen molar-refractivity contribution in [1.29, 1.82) is 0 Å². The largest absolute Gasteiger partial charge is 0.355 e. The summed E-state index contributed by atoms with van der Waals surface area (Å²) < 4.78 is 13.0. The number of carbonyl (C=O) groups is 1. The summed E-state index contributed by atoms with van der Waals surface area (Å²) in [5.41, 5.74) is 2.21. The molecule has 1 fully saturated rings. The van der Waals surface area contributed by atoms with E-state index in [4.69, 9.17) is 11.6 Å². The van der Waals surface area contributed by atoms with Crippen LogP contribution in [-0.4, -0.2) is 36.2 Å². The number of piperidine rings is 1. The van der Waals surface area contributed by atoms with Gasteiger partial charge in [-0.3, -0.25) is 9.69 Å². The molecule has 1 saturated heterocycles. The minimum Gasteiger partial charge on any atom is -0.355 e. The Balaban J connectivity index is 1.36. The number of nitrogens with zero attached hydrogens (tertiary/aromatic N) is 1. The number of nitrogens with one attached hydrogen (secondary N) is 1. The van der Waals surface area contributed by atoms with E-state index in [-0.39, 0.29) is 17.6 Å². The summed E-state index contributed by atoms with van der Waals surface area (Å²) in [5.74, 6) is 1.67. The fourth-order valence-corrected chi connectivity index (χ4v) is 4.59. The number of hydrogen-bond donors (Lipinski definition) is 1. The Morgan fingerprint density at radius 3 is 2.79 bits per heavy atom. The molecule has 1 atom stereocenters. The van der Waals surface area contributed by atoms with E-state index in [2.05, 4.69) is 10.2 Å². The van der Waals surface area contributed by atoms with E-state index >= 15 is 0 Å². The van der Waals surface area contributed by atoms with Crippen molar-refractivity contribution in [2.75, 3.05) is 25.4 Å². The summed E-state index contributed by atoms with van der Waals surface area (Å²) in [4.78, 5) is 14.8. The van der Waals surface area contributed by atoms with E-state index in [9.17, 15) is 9.18 Å². The van der Waals surface area contributed by atoms with Crippen LogP contribution in [0.3, 0.4) is 0 Å². The molecule has 150 valence electrons. The van der Waals surface area contributed by atoms with Crippen molar-refractivity contribution < 1.29 is 9.18 Å². The Kier molecular flexibility index (Phi) is 8.19. The van der Waals surface area contributed by atoms with Gasteiger partial charge >= 0.3 is 0 Å². The van der Waals surface area contributed by atoms with Gasteiger partial charge in [0.2, 0.25) is 5.91 Å². The van der Waals surface area contributed by atoms with Crippen molar-refractivity contribution >= 4 is 29.3 Å². The Bertz CT molecular complexity index is 771. The number of halogens is 2. The van der Waals surface area contributed by atoms with Gasteiger partial charge in [-0.15, -0.1) is 0 Å². The predicted octanol–water partition coefficient (Wildman–Crippen LogP) is 4.74. The summed E-state index contributed by atoms with van der Waals surface area (Å²) in [6.45, 7) is 3.17. The summed E-state index contributed by atoms with van der Waals surface area (Å²) >= 11 is 7.93. The number of amides is 1. The molecule has 2 aromatic carbocycles. The van der Waals surface area contributed by atoms with E-state index < -0.39 is 0 Å². The van der Waals surface area contributed by atoms with Crippen LogP contribution in [0.25, 0.3) is 0 Å². The van der Waals surface area contributed by atoms with Gasteiger partial charge in [0.25, 0.3) is 0 Å². The van der Waals surface area contributed by atoms with Crippen LogP contribution < -0.4 is 5.32 Å². The van der Waals surface area contributed by atoms with Gasteiger partial charge in [-0.2, -0.15) is 11.8 Å². The third-order valence-electron chi connectivity index (χ3n) is 4.96. The van der Waals surface area contributed by atoms with Crippen molar-refractivity contribution in [2.24, 2.45) is 5.92 Å². The van der Waals surface area contributed by atoms with Gasteiger partial charge in [0.05, 0.1) is 5.92 Å². The van der Waals surface area contributed by atoms with Gasteiger partial charge in [0.1, 0.15) is 5.82 Å². The van der Waals surface area contributed by atoms with Crippen molar-refractivity contribution in [3.63, 3.8) is 0 Å². The van der Waals surface area contributed by atoms with Crippen LogP contribution in [0.2, 0.25) is 5.02 Å². The topological polar surface area (TPSA) is 32.3 Å². The normalized spacial score (nSPS) is 17.4. The summed E-state index contributed by atoms with van der Waals surface area (Å²) in [7, 11) is 0. The smallest absolute Gasteiger partial charge is 0.224 e. The molecule has 0 unspecified atom stereocenters. The molecule has 0 aliphatic carbocycles. The van der Waals surface area contributed by atoms with Crippen LogP contribution in [0.4, 0.5) is 4.39 Å². The molecule has 0 radical (unpaired) electrons. The first-order valence-electron chi connectivity index (χ1n) is 9.67. The summed E-state index contributed by atoms with van der Waals surface area (Å²) in [6, 6.07) is 14.5. The Labute approximate surface area is 175 Å². The third kappa shape index (κ3) is 6.50. The first kappa shape index (κ1) is 21.2. The highest BCUT2D eigenvalue weighted by molar-refractivity contribution is 7.98. The summed E-state index contributed by atoms with van der Waals surface area (Å²) in [6.07, 6.45) is 1.94. The Hall–Kier alpha value is -1.56. The number of likely N-dealkylation sites (tertiary alicyclic amines) is 1. The molecule has 1 amide bonds. The van der Waals surface area contributed by atoms with Crippen LogP contribution in [0.5, 0.6) is 0 Å². The molecule has 3 rings (SSSR count). The maximum atomic E-state index is 13.0. The second kappa shape index (κ2) is 10.8. The van der Waals surface area contributed by atoms with E-state index in [1.807, 2.05) is 36.4 Å². The zero-order chi connectivity index (χ0) is 19.8. The van der Waals surface area contributed by atoms with Gasteiger partial charge in [-0.05, 0) is 48.7 Å². The lowest BCUT2D eigenvalue weighted by molar-refractivity contribution is -0.126. The minimum absolute atomic E-state index is 0.0303. The van der Waals surface area contributed by atoms with E-state index in [0.717, 1.165) is 60.1 Å². The standard InChI is InChI=1S/C22H26ClFN2OS/c23-21-6-2-1-4-19(21)16-28-13-11-25-22(27)18-5-3-12-26(15-18)14-17-7-9-20(24)10-8-17/h1-2,4,6-10,18H,3,5,11-16H2,(H,25,27)/t18-/m0/s1. The van der Waals surface area contributed by atoms with Crippen LogP contribution in [-0.2, 0) is 17.1 Å². The van der Waals surface area contributed by atoms with Gasteiger partial charge < -0.3 is 5.32 Å². The molecule has 1 aliphatic heterocycles. The monoisotopic (exact) mass is 420 g/mol. The molecule has 3 nitrogen and oxygen atoms in total. The Morgan fingerprint density at radius 2 is 2.00 bits per heavy atom. The second-order valence-electron chi connectivity index (χ2n) is 7.14. The molecule has 0 saturated carbocycles. The molecule has 2 aromatic rings. The first-order valence-corrected chi connectivity index (χ1v) is 11.2. The van der Waals surface area contributed by atoms with Gasteiger partial charge in [-0.1, -0.05) is 41.9 Å².